The summed E-state index contributed by atoms with van der Waals surface area (Å²) in [5.74, 6) is 1.06. The molecule has 154 valence electrons. The number of nitrogens with one attached hydrogen (secondary N) is 2. The van der Waals surface area contributed by atoms with Gasteiger partial charge in [-0.05, 0) is 55.5 Å². The summed E-state index contributed by atoms with van der Waals surface area (Å²) in [6.07, 6.45) is 4.02. The van der Waals surface area contributed by atoms with E-state index in [2.05, 4.69) is 20.6 Å². The lowest BCUT2D eigenvalue weighted by Gasteiger charge is -2.15. The number of aromatic amines is 1. The van der Waals surface area contributed by atoms with E-state index in [-0.39, 0.29) is 18.3 Å². The molecule has 9 heteroatoms. The molecule has 0 atom stereocenters. The molecule has 0 radical (unpaired) electrons. The number of hydrogen-bond donors (Lipinski definition) is 2. The minimum Gasteiger partial charge on any atom is -0.454 e. The molecule has 5 rings (SSSR count). The second kappa shape index (κ2) is 7.66. The average Bonchev–Trinajstić information content (AvgIpc) is 3.43. The number of hydrogen-bond acceptors (Lipinski definition) is 6. The first-order valence-corrected chi connectivity index (χ1v) is 10.0. The zero-order valence-electron chi connectivity index (χ0n) is 16.3. The highest BCUT2D eigenvalue weighted by Gasteiger charge is 2.17. The summed E-state index contributed by atoms with van der Waals surface area (Å²) < 4.78 is 12.1. The first kappa shape index (κ1) is 18.4. The zero-order valence-corrected chi connectivity index (χ0v) is 16.3. The van der Waals surface area contributed by atoms with Crippen LogP contribution in [0.15, 0.2) is 35.1 Å². The third-order valence-electron chi connectivity index (χ3n) is 5.37. The standard InChI is InChI=1S/C21H21N5O4/c27-20-10-13-3-1-2-4-15(13)25-26(20)8-7-22-21(28)17-11-16(23-24-17)14-5-6-18-19(9-14)30-12-29-18/h5-6,9-11H,1-4,7-8,12H2,(H,22,28)(H,23,24). The number of benzene rings is 1. The predicted octanol–water partition coefficient (Wildman–Crippen LogP) is 1.67. The number of carbonyl (C=O) groups excluding carboxylic acids is 1. The van der Waals surface area contributed by atoms with Crippen molar-refractivity contribution in [3.05, 3.63) is 57.6 Å². The number of amides is 1. The highest BCUT2D eigenvalue weighted by atomic mass is 16.7. The molecule has 9 nitrogen and oxygen atoms in total. The molecule has 30 heavy (non-hydrogen) atoms. The molecule has 3 heterocycles. The Kier molecular flexibility index (Phi) is 4.70. The third-order valence-corrected chi connectivity index (χ3v) is 5.37. The van der Waals surface area contributed by atoms with E-state index in [9.17, 15) is 9.59 Å². The monoisotopic (exact) mass is 407 g/mol. The maximum absolute atomic E-state index is 12.4. The van der Waals surface area contributed by atoms with Gasteiger partial charge in [0.2, 0.25) is 6.79 Å². The lowest BCUT2D eigenvalue weighted by molar-refractivity contribution is 0.0946. The number of H-pyrrole nitrogens is 1. The van der Waals surface area contributed by atoms with Crippen LogP contribution in [0.25, 0.3) is 11.3 Å². The Morgan fingerprint density at radius 1 is 1.13 bits per heavy atom. The molecule has 0 saturated heterocycles. The van der Waals surface area contributed by atoms with Crippen molar-refractivity contribution in [3.63, 3.8) is 0 Å². The van der Waals surface area contributed by atoms with Gasteiger partial charge in [-0.3, -0.25) is 14.7 Å². The fourth-order valence-electron chi connectivity index (χ4n) is 3.77. The zero-order chi connectivity index (χ0) is 20.5. The van der Waals surface area contributed by atoms with Crippen molar-refractivity contribution in [2.24, 2.45) is 0 Å². The van der Waals surface area contributed by atoms with E-state index in [0.717, 1.165) is 42.5 Å². The number of fused-ring (bicyclic) bond motifs is 2. The summed E-state index contributed by atoms with van der Waals surface area (Å²) in [4.78, 5) is 24.7. The Balaban J connectivity index is 1.22. The van der Waals surface area contributed by atoms with E-state index in [0.29, 0.717) is 36.0 Å². The number of nitrogens with zero attached hydrogens (tertiary/aromatic N) is 3. The van der Waals surface area contributed by atoms with Crippen molar-refractivity contribution in [2.45, 2.75) is 32.2 Å². The van der Waals surface area contributed by atoms with Crippen LogP contribution in [0.4, 0.5) is 0 Å². The van der Waals surface area contributed by atoms with Gasteiger partial charge in [-0.15, -0.1) is 0 Å². The topological polar surface area (TPSA) is 111 Å². The van der Waals surface area contributed by atoms with Gasteiger partial charge in [0.1, 0.15) is 5.69 Å². The van der Waals surface area contributed by atoms with Crippen LogP contribution >= 0.6 is 0 Å². The molecular weight excluding hydrogens is 386 g/mol. The van der Waals surface area contributed by atoms with Gasteiger partial charge in [0, 0.05) is 18.2 Å². The second-order valence-corrected chi connectivity index (χ2v) is 7.38. The first-order chi connectivity index (χ1) is 14.7. The van der Waals surface area contributed by atoms with Crippen LogP contribution in [0.3, 0.4) is 0 Å². The molecule has 2 aliphatic rings. The molecule has 0 unspecified atom stereocenters. The van der Waals surface area contributed by atoms with Crippen molar-refractivity contribution >= 4 is 5.91 Å². The quantitative estimate of drug-likeness (QED) is 0.666. The van der Waals surface area contributed by atoms with E-state index in [4.69, 9.17) is 9.47 Å². The number of rotatable bonds is 5. The number of aromatic nitrogens is 4. The van der Waals surface area contributed by atoms with Crippen molar-refractivity contribution in [2.75, 3.05) is 13.3 Å². The van der Waals surface area contributed by atoms with Gasteiger partial charge in [0.05, 0.1) is 17.9 Å². The molecule has 1 aliphatic heterocycles. The summed E-state index contributed by atoms with van der Waals surface area (Å²) in [7, 11) is 0. The van der Waals surface area contributed by atoms with Crippen molar-refractivity contribution in [1.29, 1.82) is 0 Å². The molecular formula is C21H21N5O4. The summed E-state index contributed by atoms with van der Waals surface area (Å²) in [5, 5.41) is 14.2. The van der Waals surface area contributed by atoms with Crippen LogP contribution in [-0.4, -0.2) is 39.2 Å². The van der Waals surface area contributed by atoms with Crippen molar-refractivity contribution in [1.82, 2.24) is 25.3 Å². The van der Waals surface area contributed by atoms with Crippen LogP contribution < -0.4 is 20.3 Å². The van der Waals surface area contributed by atoms with Gasteiger partial charge in [-0.1, -0.05) is 0 Å². The van der Waals surface area contributed by atoms with Crippen LogP contribution in [-0.2, 0) is 19.4 Å². The lowest BCUT2D eigenvalue weighted by atomic mass is 9.97. The number of carbonyl (C=O) groups is 1. The highest BCUT2D eigenvalue weighted by Crippen LogP contribution is 2.35. The molecule has 0 saturated carbocycles. The van der Waals surface area contributed by atoms with Crippen LogP contribution in [0.2, 0.25) is 0 Å². The molecule has 0 bridgehead atoms. The first-order valence-electron chi connectivity index (χ1n) is 10.0. The maximum Gasteiger partial charge on any atom is 0.269 e. The number of aryl methyl sites for hydroxylation is 2. The fraction of sp³-hybridized carbons (Fsp3) is 0.333. The molecule has 0 spiro atoms. The molecule has 0 fully saturated rings. The number of ether oxygens (including phenoxy) is 2. The molecule has 3 aromatic rings. The summed E-state index contributed by atoms with van der Waals surface area (Å²) in [6, 6.07) is 8.86. The SMILES string of the molecule is O=C(NCCn1nc2c(cc1=O)CCCC2)c1cc(-c2ccc3c(c2)OCO3)n[nH]1. The fourth-order valence-corrected chi connectivity index (χ4v) is 3.77. The van der Waals surface area contributed by atoms with Crippen molar-refractivity contribution in [3.8, 4) is 22.8 Å². The van der Waals surface area contributed by atoms with E-state index in [1.165, 1.54) is 4.68 Å². The van der Waals surface area contributed by atoms with Gasteiger partial charge >= 0.3 is 0 Å². The van der Waals surface area contributed by atoms with Gasteiger partial charge in [-0.25, -0.2) is 4.68 Å². The summed E-state index contributed by atoms with van der Waals surface area (Å²) in [6.45, 7) is 0.819. The largest absolute Gasteiger partial charge is 0.454 e. The van der Waals surface area contributed by atoms with E-state index >= 15 is 0 Å². The van der Waals surface area contributed by atoms with Gasteiger partial charge in [0.15, 0.2) is 11.5 Å². The lowest BCUT2D eigenvalue weighted by Crippen LogP contribution is -2.33. The highest BCUT2D eigenvalue weighted by molar-refractivity contribution is 5.93. The summed E-state index contributed by atoms with van der Waals surface area (Å²) in [5.41, 5.74) is 3.71. The molecule has 1 amide bonds. The van der Waals surface area contributed by atoms with Crippen LogP contribution in [0.5, 0.6) is 11.5 Å². The minimum atomic E-state index is -0.291. The Hall–Kier alpha value is -3.62. The molecule has 2 aromatic heterocycles. The van der Waals surface area contributed by atoms with Crippen molar-refractivity contribution < 1.29 is 14.3 Å². The normalized spacial score (nSPS) is 14.4. The van der Waals surface area contributed by atoms with Crippen LogP contribution in [0.1, 0.15) is 34.6 Å². The molecule has 1 aliphatic carbocycles. The Morgan fingerprint density at radius 3 is 2.93 bits per heavy atom. The van der Waals surface area contributed by atoms with Crippen LogP contribution in [0, 0.1) is 0 Å². The van der Waals surface area contributed by atoms with E-state index in [1.54, 1.807) is 12.1 Å². The predicted molar refractivity (Wildman–Crippen MR) is 108 cm³/mol. The smallest absolute Gasteiger partial charge is 0.269 e. The third kappa shape index (κ3) is 3.54. The van der Waals surface area contributed by atoms with Gasteiger partial charge in [-0.2, -0.15) is 10.2 Å². The maximum atomic E-state index is 12.4. The minimum absolute atomic E-state index is 0.128. The van der Waals surface area contributed by atoms with E-state index < -0.39 is 0 Å². The Bertz CT molecular complexity index is 1170. The Morgan fingerprint density at radius 2 is 2.00 bits per heavy atom. The molecule has 2 N–H and O–H groups in total. The van der Waals surface area contributed by atoms with E-state index in [1.807, 2.05) is 18.2 Å². The Labute approximate surface area is 172 Å². The summed E-state index contributed by atoms with van der Waals surface area (Å²) >= 11 is 0. The molecule has 1 aromatic carbocycles. The average molecular weight is 407 g/mol. The van der Waals surface area contributed by atoms with Gasteiger partial charge in [0.25, 0.3) is 11.5 Å². The second-order valence-electron chi connectivity index (χ2n) is 7.38. The van der Waals surface area contributed by atoms with Gasteiger partial charge < -0.3 is 14.8 Å².